The molecule has 0 bridgehead atoms. The van der Waals surface area contributed by atoms with Crippen LogP contribution in [0.25, 0.3) is 10.4 Å². The molecule has 0 radical (unpaired) electrons. The van der Waals surface area contributed by atoms with E-state index in [1.807, 2.05) is 41.3 Å². The van der Waals surface area contributed by atoms with Crippen LogP contribution in [0.5, 0.6) is 0 Å². The van der Waals surface area contributed by atoms with E-state index < -0.39 is 0 Å². The van der Waals surface area contributed by atoms with Crippen LogP contribution in [-0.4, -0.2) is 17.4 Å². The highest BCUT2D eigenvalue weighted by Crippen LogP contribution is 2.38. The maximum atomic E-state index is 13.7. The average Bonchev–Trinajstić information content (AvgIpc) is 3.29. The molecule has 154 valence electrons. The summed E-state index contributed by atoms with van der Waals surface area (Å²) in [6.45, 7) is 2.79. The van der Waals surface area contributed by atoms with Gasteiger partial charge in [0.1, 0.15) is 0 Å². The molecule has 31 heavy (non-hydrogen) atoms. The van der Waals surface area contributed by atoms with E-state index in [0.29, 0.717) is 11.6 Å². The van der Waals surface area contributed by atoms with Crippen LogP contribution >= 0.6 is 22.9 Å². The maximum absolute atomic E-state index is 13.7. The van der Waals surface area contributed by atoms with E-state index >= 15 is 0 Å². The molecule has 0 aliphatic carbocycles. The fraction of sp³-hybridized carbons (Fsp3) is 0.148. The van der Waals surface area contributed by atoms with Crippen LogP contribution in [0.4, 0.5) is 0 Å². The molecule has 1 unspecified atom stereocenters. The van der Waals surface area contributed by atoms with E-state index in [1.165, 1.54) is 28.0 Å². The lowest BCUT2D eigenvalue weighted by molar-refractivity contribution is 0.0699. The van der Waals surface area contributed by atoms with Gasteiger partial charge in [-0.15, -0.1) is 11.3 Å². The van der Waals surface area contributed by atoms with Crippen molar-refractivity contribution in [3.63, 3.8) is 0 Å². The lowest BCUT2D eigenvalue weighted by Gasteiger charge is -2.37. The Hall–Kier alpha value is -2.88. The first-order valence-electron chi connectivity index (χ1n) is 10.4. The summed E-state index contributed by atoms with van der Waals surface area (Å²) < 4.78 is 0. The van der Waals surface area contributed by atoms with Gasteiger partial charge in [-0.05, 0) is 59.9 Å². The average molecular weight is 444 g/mol. The summed E-state index contributed by atoms with van der Waals surface area (Å²) >= 11 is 7.69. The molecule has 1 aliphatic rings. The van der Waals surface area contributed by atoms with E-state index in [1.54, 1.807) is 0 Å². The Morgan fingerprint density at radius 1 is 0.968 bits per heavy atom. The second-order valence-corrected chi connectivity index (χ2v) is 9.46. The smallest absolute Gasteiger partial charge is 0.264 e. The first-order valence-corrected chi connectivity index (χ1v) is 11.6. The SMILES string of the molecule is Cc1ccc(C2c3ccccc3CCN2C(=O)c2ccc(-c3cccc(Cl)c3)s2)cc1. The molecular formula is C27H22ClNOS. The number of hydrogen-bond donors (Lipinski definition) is 0. The Morgan fingerprint density at radius 2 is 1.77 bits per heavy atom. The third-order valence-electron chi connectivity index (χ3n) is 5.86. The molecule has 3 aromatic carbocycles. The third-order valence-corrected chi connectivity index (χ3v) is 7.22. The number of benzene rings is 3. The molecule has 5 rings (SSSR count). The standard InChI is InChI=1S/C27H22ClNOS/c1-18-9-11-20(12-10-18)26-23-8-3-2-5-19(23)15-16-29(26)27(30)25-14-13-24(31-25)21-6-4-7-22(28)17-21/h2-14,17,26H,15-16H2,1H3. The Morgan fingerprint density at radius 3 is 2.58 bits per heavy atom. The zero-order valence-corrected chi connectivity index (χ0v) is 18.8. The second-order valence-electron chi connectivity index (χ2n) is 7.93. The number of carbonyl (C=O) groups excluding carboxylic acids is 1. The van der Waals surface area contributed by atoms with Crippen LogP contribution in [-0.2, 0) is 6.42 Å². The monoisotopic (exact) mass is 443 g/mol. The number of nitrogens with zero attached hydrogens (tertiary/aromatic N) is 1. The molecule has 2 heterocycles. The highest BCUT2D eigenvalue weighted by Gasteiger charge is 2.33. The van der Waals surface area contributed by atoms with Gasteiger partial charge in [0.25, 0.3) is 5.91 Å². The molecule has 0 saturated heterocycles. The van der Waals surface area contributed by atoms with Gasteiger partial charge in [0.15, 0.2) is 0 Å². The van der Waals surface area contributed by atoms with Gasteiger partial charge in [-0.2, -0.15) is 0 Å². The highest BCUT2D eigenvalue weighted by molar-refractivity contribution is 7.17. The van der Waals surface area contributed by atoms with Crippen molar-refractivity contribution in [1.82, 2.24) is 4.90 Å². The Balaban J connectivity index is 1.52. The quantitative estimate of drug-likeness (QED) is 0.328. The fourth-order valence-electron chi connectivity index (χ4n) is 4.28. The Kier molecular flexibility index (Phi) is 5.39. The summed E-state index contributed by atoms with van der Waals surface area (Å²) in [7, 11) is 0. The Bertz CT molecular complexity index is 1240. The zero-order chi connectivity index (χ0) is 21.4. The van der Waals surface area contributed by atoms with Gasteiger partial charge >= 0.3 is 0 Å². The number of amides is 1. The Labute approximate surface area is 191 Å². The van der Waals surface area contributed by atoms with Crippen LogP contribution in [0.2, 0.25) is 5.02 Å². The normalized spacial score (nSPS) is 15.5. The fourth-order valence-corrected chi connectivity index (χ4v) is 5.43. The van der Waals surface area contributed by atoms with Crippen molar-refractivity contribution in [2.75, 3.05) is 6.54 Å². The van der Waals surface area contributed by atoms with Crippen LogP contribution in [0.15, 0.2) is 84.9 Å². The molecule has 0 spiro atoms. The van der Waals surface area contributed by atoms with E-state index in [4.69, 9.17) is 11.6 Å². The topological polar surface area (TPSA) is 20.3 Å². The molecule has 2 nitrogen and oxygen atoms in total. The predicted molar refractivity (Wildman–Crippen MR) is 129 cm³/mol. The minimum Gasteiger partial charge on any atom is -0.326 e. The van der Waals surface area contributed by atoms with Crippen molar-refractivity contribution in [2.45, 2.75) is 19.4 Å². The number of rotatable bonds is 3. The van der Waals surface area contributed by atoms with Crippen molar-refractivity contribution in [3.05, 3.63) is 117 Å². The van der Waals surface area contributed by atoms with Crippen LogP contribution in [0.1, 0.15) is 38.0 Å². The van der Waals surface area contributed by atoms with E-state index in [0.717, 1.165) is 27.3 Å². The molecule has 0 saturated carbocycles. The minimum absolute atomic E-state index is 0.0743. The molecule has 1 aromatic heterocycles. The molecule has 4 aromatic rings. The minimum atomic E-state index is -0.0743. The molecule has 0 N–H and O–H groups in total. The summed E-state index contributed by atoms with van der Waals surface area (Å²) in [5.74, 6) is 0.0818. The largest absolute Gasteiger partial charge is 0.326 e. The molecule has 0 fully saturated rings. The van der Waals surface area contributed by atoms with E-state index in [2.05, 4.69) is 55.5 Å². The van der Waals surface area contributed by atoms with Gasteiger partial charge in [-0.1, -0.05) is 77.8 Å². The summed E-state index contributed by atoms with van der Waals surface area (Å²) in [5, 5.41) is 0.700. The van der Waals surface area contributed by atoms with Crippen molar-refractivity contribution < 1.29 is 4.79 Å². The summed E-state index contributed by atoms with van der Waals surface area (Å²) in [5.41, 5.74) is 5.95. The first kappa shape index (κ1) is 20.0. The molecule has 1 atom stereocenters. The lowest BCUT2D eigenvalue weighted by Crippen LogP contribution is -2.40. The van der Waals surface area contributed by atoms with Crippen molar-refractivity contribution in [1.29, 1.82) is 0 Å². The van der Waals surface area contributed by atoms with E-state index in [9.17, 15) is 4.79 Å². The van der Waals surface area contributed by atoms with Gasteiger partial charge in [-0.3, -0.25) is 4.79 Å². The first-order chi connectivity index (χ1) is 15.1. The predicted octanol–water partition coefficient (Wildman–Crippen LogP) is 7.16. The highest BCUT2D eigenvalue weighted by atomic mass is 35.5. The number of carbonyl (C=O) groups is 1. The third kappa shape index (κ3) is 3.91. The summed E-state index contributed by atoms with van der Waals surface area (Å²) in [6, 6.07) is 28.7. The maximum Gasteiger partial charge on any atom is 0.264 e. The van der Waals surface area contributed by atoms with Crippen molar-refractivity contribution >= 4 is 28.8 Å². The number of fused-ring (bicyclic) bond motifs is 1. The van der Waals surface area contributed by atoms with Gasteiger partial charge in [0, 0.05) is 16.4 Å². The van der Waals surface area contributed by atoms with Crippen LogP contribution in [0.3, 0.4) is 0 Å². The number of thiophene rings is 1. The van der Waals surface area contributed by atoms with Crippen molar-refractivity contribution in [3.8, 4) is 10.4 Å². The van der Waals surface area contributed by atoms with Gasteiger partial charge in [0.05, 0.1) is 10.9 Å². The molecule has 1 amide bonds. The van der Waals surface area contributed by atoms with Gasteiger partial charge < -0.3 is 4.90 Å². The lowest BCUT2D eigenvalue weighted by atomic mass is 9.88. The summed E-state index contributed by atoms with van der Waals surface area (Å²) in [4.78, 5) is 17.5. The second kappa shape index (κ2) is 8.33. The molecular weight excluding hydrogens is 422 g/mol. The van der Waals surface area contributed by atoms with Gasteiger partial charge in [0.2, 0.25) is 0 Å². The van der Waals surface area contributed by atoms with Crippen LogP contribution < -0.4 is 0 Å². The van der Waals surface area contributed by atoms with Gasteiger partial charge in [-0.25, -0.2) is 0 Å². The number of aryl methyl sites for hydroxylation is 1. The number of hydrogen-bond acceptors (Lipinski definition) is 2. The summed E-state index contributed by atoms with van der Waals surface area (Å²) in [6.07, 6.45) is 0.872. The molecule has 1 aliphatic heterocycles. The number of halogens is 1. The zero-order valence-electron chi connectivity index (χ0n) is 17.2. The molecule has 4 heteroatoms. The van der Waals surface area contributed by atoms with E-state index in [-0.39, 0.29) is 11.9 Å². The van der Waals surface area contributed by atoms with Crippen molar-refractivity contribution in [2.24, 2.45) is 0 Å². The van der Waals surface area contributed by atoms with Crippen LogP contribution in [0, 0.1) is 6.92 Å².